The van der Waals surface area contributed by atoms with Crippen LogP contribution in [0.1, 0.15) is 29.8 Å². The lowest BCUT2D eigenvalue weighted by molar-refractivity contribution is -0.193. The van der Waals surface area contributed by atoms with Crippen molar-refractivity contribution in [1.82, 2.24) is 4.98 Å². The summed E-state index contributed by atoms with van der Waals surface area (Å²) in [4.78, 5) is 16.8. The first-order chi connectivity index (χ1) is 11.8. The lowest BCUT2D eigenvalue weighted by Crippen LogP contribution is -2.50. The summed E-state index contributed by atoms with van der Waals surface area (Å²) in [7, 11) is 0. The molecule has 0 aliphatic carbocycles. The van der Waals surface area contributed by atoms with Crippen LogP contribution >= 0.6 is 0 Å². The van der Waals surface area contributed by atoms with Crippen molar-refractivity contribution >= 4 is 11.6 Å². The van der Waals surface area contributed by atoms with E-state index in [1.807, 2.05) is 6.07 Å². The van der Waals surface area contributed by atoms with Crippen LogP contribution in [-0.4, -0.2) is 22.1 Å². The van der Waals surface area contributed by atoms with E-state index in [9.17, 15) is 18.7 Å². The summed E-state index contributed by atoms with van der Waals surface area (Å²) in [6.07, 6.45) is -3.74. The summed E-state index contributed by atoms with van der Waals surface area (Å²) in [6.45, 7) is 1.23. The molecule has 0 radical (unpaired) electrons. The molecule has 1 amide bonds. The number of ether oxygens (including phenoxy) is 1. The smallest absolute Gasteiger partial charge is 0.423 e. The molecule has 1 aliphatic rings. The summed E-state index contributed by atoms with van der Waals surface area (Å²) < 4.78 is 32.7. The molecular formula is C17H13F2N3O3. The number of carbonyl (C=O) groups excluding carboxylic acids is 1. The number of hydrogen-bond acceptors (Lipinski definition) is 5. The van der Waals surface area contributed by atoms with Crippen molar-refractivity contribution in [1.29, 1.82) is 5.26 Å². The van der Waals surface area contributed by atoms with Crippen LogP contribution in [0.3, 0.4) is 0 Å². The highest BCUT2D eigenvalue weighted by atomic mass is 19.3. The van der Waals surface area contributed by atoms with E-state index < -0.39 is 18.1 Å². The zero-order chi connectivity index (χ0) is 18.2. The zero-order valence-electron chi connectivity index (χ0n) is 13.1. The van der Waals surface area contributed by atoms with Crippen LogP contribution in [0.4, 0.5) is 14.5 Å². The van der Waals surface area contributed by atoms with E-state index in [0.717, 1.165) is 4.90 Å². The minimum Gasteiger partial charge on any atom is -0.423 e. The number of amides is 1. The Morgan fingerprint density at radius 1 is 1.44 bits per heavy atom. The topological polar surface area (TPSA) is 86.5 Å². The average molecular weight is 345 g/mol. The number of para-hydroxylation sites is 1. The van der Waals surface area contributed by atoms with Gasteiger partial charge in [-0.2, -0.15) is 14.0 Å². The van der Waals surface area contributed by atoms with Crippen LogP contribution < -0.4 is 9.64 Å². The fourth-order valence-corrected chi connectivity index (χ4v) is 2.61. The molecule has 2 aromatic rings. The van der Waals surface area contributed by atoms with Gasteiger partial charge < -0.3 is 9.84 Å². The molecule has 1 aliphatic heterocycles. The third kappa shape index (κ3) is 3.02. The van der Waals surface area contributed by atoms with Gasteiger partial charge in [-0.05, 0) is 30.7 Å². The lowest BCUT2D eigenvalue weighted by atomic mass is 10.1. The van der Waals surface area contributed by atoms with Crippen molar-refractivity contribution in [3.8, 4) is 11.8 Å². The number of aliphatic hydroxyl groups excluding tert-OH is 1. The van der Waals surface area contributed by atoms with Gasteiger partial charge in [0.25, 0.3) is 0 Å². The van der Waals surface area contributed by atoms with Gasteiger partial charge in [-0.3, -0.25) is 9.69 Å². The number of halogens is 2. The molecule has 0 spiro atoms. The normalized spacial score (nSPS) is 16.6. The number of anilines is 1. The monoisotopic (exact) mass is 345 g/mol. The maximum absolute atomic E-state index is 14.1. The number of carbonyl (C=O) groups is 1. The van der Waals surface area contributed by atoms with Gasteiger partial charge in [0.2, 0.25) is 0 Å². The van der Waals surface area contributed by atoms with E-state index in [4.69, 9.17) is 5.26 Å². The van der Waals surface area contributed by atoms with Crippen molar-refractivity contribution in [3.63, 3.8) is 0 Å². The number of rotatable bonds is 3. The summed E-state index contributed by atoms with van der Waals surface area (Å²) >= 11 is 0. The Hall–Kier alpha value is -3.05. The molecule has 3 rings (SSSR count). The lowest BCUT2D eigenvalue weighted by Gasteiger charge is -2.35. The second-order valence-corrected chi connectivity index (χ2v) is 5.54. The highest BCUT2D eigenvalue weighted by Crippen LogP contribution is 2.44. The van der Waals surface area contributed by atoms with Gasteiger partial charge in [0.15, 0.2) is 5.75 Å². The number of aromatic nitrogens is 1. The van der Waals surface area contributed by atoms with Crippen molar-refractivity contribution in [2.45, 2.75) is 25.7 Å². The van der Waals surface area contributed by atoms with Crippen molar-refractivity contribution in [2.75, 3.05) is 4.90 Å². The van der Waals surface area contributed by atoms with Gasteiger partial charge >= 0.3 is 12.0 Å². The number of nitrogens with zero attached hydrogens (tertiary/aromatic N) is 3. The van der Waals surface area contributed by atoms with E-state index in [1.54, 1.807) is 6.07 Å². The third-order valence-corrected chi connectivity index (χ3v) is 3.77. The molecule has 1 aromatic carbocycles. The quantitative estimate of drug-likeness (QED) is 0.924. The van der Waals surface area contributed by atoms with Crippen LogP contribution in [0.2, 0.25) is 0 Å². The second-order valence-electron chi connectivity index (χ2n) is 5.54. The van der Waals surface area contributed by atoms with Crippen LogP contribution in [0.15, 0.2) is 36.5 Å². The first-order valence-electron chi connectivity index (χ1n) is 7.38. The molecule has 0 saturated carbocycles. The van der Waals surface area contributed by atoms with E-state index in [2.05, 4.69) is 9.72 Å². The third-order valence-electron chi connectivity index (χ3n) is 3.77. The first kappa shape index (κ1) is 16.8. The van der Waals surface area contributed by atoms with Crippen molar-refractivity contribution in [3.05, 3.63) is 53.3 Å². The van der Waals surface area contributed by atoms with Crippen LogP contribution in [0.25, 0.3) is 0 Å². The number of hydrogen-bond donors (Lipinski definition) is 1. The fraction of sp³-hybridized carbons (Fsp3) is 0.235. The average Bonchev–Trinajstić information content (AvgIpc) is 2.58. The van der Waals surface area contributed by atoms with Crippen LogP contribution in [0.5, 0.6) is 5.75 Å². The minimum atomic E-state index is -4.05. The Morgan fingerprint density at radius 3 is 2.88 bits per heavy atom. The summed E-state index contributed by atoms with van der Waals surface area (Å²) in [5, 5.41) is 18.7. The molecule has 0 unspecified atom stereocenters. The van der Waals surface area contributed by atoms with Gasteiger partial charge in [-0.25, -0.2) is 4.98 Å². The molecule has 128 valence electrons. The highest BCUT2D eigenvalue weighted by molar-refractivity contribution is 6.01. The van der Waals surface area contributed by atoms with Gasteiger partial charge in [0, 0.05) is 11.8 Å². The predicted molar refractivity (Wildman–Crippen MR) is 82.8 cm³/mol. The number of aliphatic hydroxyl groups is 1. The van der Waals surface area contributed by atoms with Gasteiger partial charge in [0.1, 0.15) is 11.8 Å². The number of benzene rings is 1. The maximum Gasteiger partial charge on any atom is 0.483 e. The SMILES string of the molecule is C[C@H](O)c1cccc2c1OC(F)(F)C(=O)N2Cc1ccnc(C#N)c1. The molecule has 25 heavy (non-hydrogen) atoms. The predicted octanol–water partition coefficient (Wildman–Crippen LogP) is 2.52. The number of alkyl halides is 2. The summed E-state index contributed by atoms with van der Waals surface area (Å²) in [5.41, 5.74) is 0.862. The fourth-order valence-electron chi connectivity index (χ4n) is 2.61. The van der Waals surface area contributed by atoms with E-state index in [1.165, 1.54) is 37.4 Å². The molecule has 1 N–H and O–H groups in total. The van der Waals surface area contributed by atoms with Crippen LogP contribution in [-0.2, 0) is 11.3 Å². The van der Waals surface area contributed by atoms with E-state index in [0.29, 0.717) is 5.56 Å². The summed E-state index contributed by atoms with van der Waals surface area (Å²) in [5.74, 6) is -1.75. The molecule has 0 saturated heterocycles. The van der Waals surface area contributed by atoms with Crippen molar-refractivity contribution in [2.24, 2.45) is 0 Å². The molecule has 2 heterocycles. The molecule has 6 nitrogen and oxygen atoms in total. The first-order valence-corrected chi connectivity index (χ1v) is 7.38. The molecule has 0 fully saturated rings. The van der Waals surface area contributed by atoms with E-state index in [-0.39, 0.29) is 29.2 Å². The standard InChI is InChI=1S/C17H13F2N3O3/c1-10(23)13-3-2-4-14-15(13)25-17(18,19)16(24)22(14)9-11-5-6-21-12(7-11)8-20/h2-7,10,23H,9H2,1H3/t10-/m0/s1. The number of nitriles is 1. The molecule has 8 heteroatoms. The second kappa shape index (κ2) is 6.11. The van der Waals surface area contributed by atoms with Gasteiger partial charge in [0.05, 0.1) is 18.3 Å². The Labute approximate surface area is 141 Å². The molecule has 0 bridgehead atoms. The zero-order valence-corrected chi connectivity index (χ0v) is 13.1. The Bertz CT molecular complexity index is 878. The van der Waals surface area contributed by atoms with Gasteiger partial charge in [-0.1, -0.05) is 12.1 Å². The summed E-state index contributed by atoms with van der Waals surface area (Å²) in [6, 6.07) is 9.25. The molecule has 1 aromatic heterocycles. The van der Waals surface area contributed by atoms with Gasteiger partial charge in [-0.15, -0.1) is 0 Å². The number of pyridine rings is 1. The minimum absolute atomic E-state index is 0.114. The maximum atomic E-state index is 14.1. The number of fused-ring (bicyclic) bond motifs is 1. The Morgan fingerprint density at radius 2 is 2.20 bits per heavy atom. The molecule has 1 atom stereocenters. The van der Waals surface area contributed by atoms with Crippen molar-refractivity contribution < 1.29 is 23.4 Å². The Kier molecular flexibility index (Phi) is 4.10. The van der Waals surface area contributed by atoms with Crippen LogP contribution in [0, 0.1) is 11.3 Å². The molecular weight excluding hydrogens is 332 g/mol. The van der Waals surface area contributed by atoms with E-state index >= 15 is 0 Å². The Balaban J connectivity index is 2.08. The highest BCUT2D eigenvalue weighted by Gasteiger charge is 2.51. The largest absolute Gasteiger partial charge is 0.483 e.